The highest BCUT2D eigenvalue weighted by Gasteiger charge is 2.56. The lowest BCUT2D eigenvalue weighted by atomic mass is 9.60. The largest absolute Gasteiger partial charge is 0.465 e. The molecule has 0 amide bonds. The summed E-state index contributed by atoms with van der Waals surface area (Å²) >= 11 is 0. The number of hydrogen-bond donors (Lipinski definition) is 0. The van der Waals surface area contributed by atoms with Crippen LogP contribution in [-0.2, 0) is 14.0 Å². The van der Waals surface area contributed by atoms with Crippen molar-refractivity contribution in [3.8, 4) is 0 Å². The maximum Gasteiger partial charge on any atom is 0.314 e. The van der Waals surface area contributed by atoms with Gasteiger partial charge in [-0.15, -0.1) is 0 Å². The average Bonchev–Trinajstić information content (AvgIpc) is 2.12. The number of esters is 1. The molecule has 0 saturated heterocycles. The smallest absolute Gasteiger partial charge is 0.314 e. The molecule has 18 heavy (non-hydrogen) atoms. The molecule has 1 aliphatic rings. The van der Waals surface area contributed by atoms with Crippen molar-refractivity contribution in [1.82, 2.24) is 0 Å². The summed E-state index contributed by atoms with van der Waals surface area (Å²) in [5.41, 5.74) is -0.793. The van der Waals surface area contributed by atoms with E-state index in [1.54, 1.807) is 0 Å². The first-order valence-corrected chi connectivity index (χ1v) is 8.24. The third-order valence-electron chi connectivity index (χ3n) is 3.89. The zero-order chi connectivity index (χ0) is 14.0. The van der Waals surface area contributed by atoms with Gasteiger partial charge < -0.3 is 9.16 Å². The summed E-state index contributed by atoms with van der Waals surface area (Å²) in [6.45, 7) is 13.0. The number of ether oxygens (including phenoxy) is 1. The molecular weight excluding hydrogens is 244 g/mol. The van der Waals surface area contributed by atoms with Crippen molar-refractivity contribution in [2.75, 3.05) is 6.61 Å². The normalized spacial score (nSPS) is 19.9. The molecule has 0 heterocycles. The number of carbonyl (C=O) groups excluding carboxylic acids is 1. The third kappa shape index (κ3) is 3.15. The third-order valence-corrected chi connectivity index (χ3v) is 5.62. The minimum absolute atomic E-state index is 0.0656. The molecule has 0 aliphatic heterocycles. The van der Waals surface area contributed by atoms with E-state index in [-0.39, 0.29) is 11.0 Å². The lowest BCUT2D eigenvalue weighted by Gasteiger charge is -2.51. The van der Waals surface area contributed by atoms with Gasteiger partial charge in [0, 0.05) is 0 Å². The van der Waals surface area contributed by atoms with Crippen LogP contribution < -0.4 is 0 Å². The van der Waals surface area contributed by atoms with Crippen LogP contribution in [0.4, 0.5) is 0 Å². The van der Waals surface area contributed by atoms with Crippen LogP contribution in [0, 0.1) is 5.41 Å². The van der Waals surface area contributed by atoms with Crippen molar-refractivity contribution in [2.45, 2.75) is 71.4 Å². The Morgan fingerprint density at radius 2 is 1.78 bits per heavy atom. The van der Waals surface area contributed by atoms with E-state index in [9.17, 15) is 4.79 Å². The fraction of sp³-hybridized carbons (Fsp3) is 0.929. The summed E-state index contributed by atoms with van der Waals surface area (Å²) in [4.78, 5) is 12.2. The first-order valence-electron chi connectivity index (χ1n) is 6.96. The molecule has 0 aromatic rings. The van der Waals surface area contributed by atoms with E-state index < -0.39 is 20.8 Å². The quantitative estimate of drug-likeness (QED) is 0.570. The van der Waals surface area contributed by atoms with Crippen LogP contribution in [0.15, 0.2) is 0 Å². The Balaban J connectivity index is 2.76. The van der Waals surface area contributed by atoms with Gasteiger partial charge in [0.1, 0.15) is 0 Å². The van der Waals surface area contributed by atoms with Crippen LogP contribution in [0.3, 0.4) is 0 Å². The predicted octanol–water partition coefficient (Wildman–Crippen LogP) is 2.82. The second-order valence-electron chi connectivity index (χ2n) is 7.02. The van der Waals surface area contributed by atoms with Crippen LogP contribution in [0.2, 0.25) is 5.04 Å². The van der Waals surface area contributed by atoms with Crippen LogP contribution in [0.1, 0.15) is 60.8 Å². The highest BCUT2D eigenvalue weighted by Crippen LogP contribution is 2.52. The summed E-state index contributed by atoms with van der Waals surface area (Å²) in [5, 5.41) is 0.247. The first-order chi connectivity index (χ1) is 8.15. The van der Waals surface area contributed by atoms with Crippen molar-refractivity contribution < 1.29 is 14.0 Å². The van der Waals surface area contributed by atoms with E-state index >= 15 is 0 Å². The van der Waals surface area contributed by atoms with Gasteiger partial charge in [0.15, 0.2) is 9.76 Å². The minimum atomic E-state index is -0.663. The average molecular weight is 272 g/mol. The summed E-state index contributed by atoms with van der Waals surface area (Å²) in [5.74, 6) is -0.0656. The van der Waals surface area contributed by atoms with Gasteiger partial charge in [-0.25, -0.2) is 0 Å². The summed E-state index contributed by atoms with van der Waals surface area (Å²) < 4.78 is 11.5. The van der Waals surface area contributed by atoms with Gasteiger partial charge in [-0.1, -0.05) is 27.2 Å². The Labute approximate surface area is 114 Å². The van der Waals surface area contributed by atoms with Gasteiger partial charge in [0.05, 0.1) is 17.6 Å². The van der Waals surface area contributed by atoms with Crippen LogP contribution in [0.5, 0.6) is 0 Å². The zero-order valence-electron chi connectivity index (χ0n) is 12.8. The maximum atomic E-state index is 12.2. The SMILES string of the molecule is CCOC(=O)C1(C(C)(C)O[SiH2]C(C)(C)C)CCC1. The standard InChI is InChI=1S/C14H28O3Si/c1-7-16-11(15)14(9-8-10-14)13(5,6)17-18-12(2,3)4/h7-10,18H2,1-6H3. The second kappa shape index (κ2) is 5.33. The molecule has 106 valence electrons. The Bertz CT molecular complexity index is 301. The lowest BCUT2D eigenvalue weighted by Crippen LogP contribution is -2.56. The molecule has 0 spiro atoms. The number of rotatable bonds is 5. The molecule has 0 unspecified atom stereocenters. The van der Waals surface area contributed by atoms with Gasteiger partial charge in [-0.2, -0.15) is 0 Å². The second-order valence-corrected chi connectivity index (χ2v) is 9.71. The van der Waals surface area contributed by atoms with Crippen LogP contribution in [-0.4, -0.2) is 27.9 Å². The summed E-state index contributed by atoms with van der Waals surface area (Å²) in [6, 6.07) is 0. The number of carbonyl (C=O) groups is 1. The van der Waals surface area contributed by atoms with E-state index in [2.05, 4.69) is 34.6 Å². The molecule has 1 fully saturated rings. The van der Waals surface area contributed by atoms with E-state index in [0.717, 1.165) is 19.3 Å². The fourth-order valence-electron chi connectivity index (χ4n) is 2.39. The van der Waals surface area contributed by atoms with E-state index in [1.807, 2.05) is 6.92 Å². The molecule has 1 rings (SSSR count). The molecule has 0 N–H and O–H groups in total. The van der Waals surface area contributed by atoms with Gasteiger partial charge in [0.25, 0.3) is 0 Å². The monoisotopic (exact) mass is 272 g/mol. The Hall–Kier alpha value is -0.353. The van der Waals surface area contributed by atoms with E-state index in [0.29, 0.717) is 6.61 Å². The molecule has 0 radical (unpaired) electrons. The molecule has 4 heteroatoms. The molecule has 1 saturated carbocycles. The molecule has 1 aliphatic carbocycles. The van der Waals surface area contributed by atoms with Gasteiger partial charge in [-0.3, -0.25) is 4.79 Å². The fourth-order valence-corrected chi connectivity index (χ4v) is 3.46. The molecule has 3 nitrogen and oxygen atoms in total. The Morgan fingerprint density at radius 3 is 2.11 bits per heavy atom. The molecule has 0 aromatic heterocycles. The predicted molar refractivity (Wildman–Crippen MR) is 76.3 cm³/mol. The van der Waals surface area contributed by atoms with Crippen molar-refractivity contribution in [3.05, 3.63) is 0 Å². The van der Waals surface area contributed by atoms with Crippen LogP contribution in [0.25, 0.3) is 0 Å². The van der Waals surface area contributed by atoms with Crippen molar-refractivity contribution in [3.63, 3.8) is 0 Å². The van der Waals surface area contributed by atoms with E-state index in [1.165, 1.54) is 0 Å². The van der Waals surface area contributed by atoms with Gasteiger partial charge >= 0.3 is 5.97 Å². The maximum absolute atomic E-state index is 12.2. The first kappa shape index (κ1) is 15.7. The van der Waals surface area contributed by atoms with Crippen molar-refractivity contribution in [2.24, 2.45) is 5.41 Å². The van der Waals surface area contributed by atoms with Crippen molar-refractivity contribution in [1.29, 1.82) is 0 Å². The zero-order valence-corrected chi connectivity index (χ0v) is 14.2. The lowest BCUT2D eigenvalue weighted by molar-refractivity contribution is -0.180. The van der Waals surface area contributed by atoms with E-state index in [4.69, 9.17) is 9.16 Å². The Morgan fingerprint density at radius 1 is 1.22 bits per heavy atom. The Kier molecular flexibility index (Phi) is 4.65. The molecule has 0 atom stereocenters. The van der Waals surface area contributed by atoms with Crippen molar-refractivity contribution >= 4 is 15.7 Å². The highest BCUT2D eigenvalue weighted by molar-refractivity contribution is 6.31. The molecular formula is C14H28O3Si. The van der Waals surface area contributed by atoms with Gasteiger partial charge in [-0.05, 0) is 38.7 Å². The highest BCUT2D eigenvalue weighted by atomic mass is 28.2. The topological polar surface area (TPSA) is 35.5 Å². The minimum Gasteiger partial charge on any atom is -0.465 e. The summed E-state index contributed by atoms with van der Waals surface area (Å²) in [6.07, 6.45) is 2.90. The molecule has 0 aromatic carbocycles. The van der Waals surface area contributed by atoms with Crippen LogP contribution >= 0.6 is 0 Å². The number of hydrogen-bond acceptors (Lipinski definition) is 3. The summed E-state index contributed by atoms with van der Waals surface area (Å²) in [7, 11) is -0.663. The van der Waals surface area contributed by atoms with Gasteiger partial charge in [0.2, 0.25) is 0 Å². The molecule has 0 bridgehead atoms.